The molecule has 3 amide bonds. The molecule has 0 saturated carbocycles. The Kier molecular flexibility index (Phi) is 2.82. The molecule has 7 nitrogen and oxygen atoms in total. The van der Waals surface area contributed by atoms with Gasteiger partial charge in [0.1, 0.15) is 0 Å². The summed E-state index contributed by atoms with van der Waals surface area (Å²) in [6.07, 6.45) is -0.766. The van der Waals surface area contributed by atoms with Gasteiger partial charge >= 0.3 is 6.09 Å². The van der Waals surface area contributed by atoms with Crippen molar-refractivity contribution >= 4 is 17.9 Å². The monoisotopic (exact) mass is 238 g/mol. The van der Waals surface area contributed by atoms with Gasteiger partial charge in [0.15, 0.2) is 5.76 Å². The Morgan fingerprint density at radius 2 is 2.06 bits per heavy atom. The quantitative estimate of drug-likeness (QED) is 0.773. The summed E-state index contributed by atoms with van der Waals surface area (Å²) in [4.78, 5) is 34.7. The second kappa shape index (κ2) is 4.28. The van der Waals surface area contributed by atoms with Crippen LogP contribution in [0.1, 0.15) is 24.8 Å². The van der Waals surface area contributed by atoms with Crippen molar-refractivity contribution in [3.05, 3.63) is 24.2 Å². The van der Waals surface area contributed by atoms with Crippen molar-refractivity contribution in [3.8, 4) is 0 Å². The number of ether oxygens (including phenoxy) is 1. The Morgan fingerprint density at radius 1 is 1.41 bits per heavy atom. The van der Waals surface area contributed by atoms with E-state index in [1.54, 1.807) is 6.07 Å². The zero-order valence-corrected chi connectivity index (χ0v) is 8.79. The third-order valence-corrected chi connectivity index (χ3v) is 2.34. The molecular formula is C10H10N2O5. The lowest BCUT2D eigenvalue weighted by Gasteiger charge is -2.23. The van der Waals surface area contributed by atoms with Crippen LogP contribution in [0.2, 0.25) is 0 Å². The van der Waals surface area contributed by atoms with Gasteiger partial charge in [0.25, 0.3) is 0 Å². The lowest BCUT2D eigenvalue weighted by molar-refractivity contribution is -0.150. The molecule has 1 atom stereocenters. The summed E-state index contributed by atoms with van der Waals surface area (Å²) in [6.45, 7) is 0. The Labute approximate surface area is 96.1 Å². The molecule has 2 heterocycles. The van der Waals surface area contributed by atoms with Crippen LogP contribution in [-0.2, 0) is 14.3 Å². The van der Waals surface area contributed by atoms with E-state index in [0.717, 1.165) is 4.90 Å². The minimum absolute atomic E-state index is 0.0954. The van der Waals surface area contributed by atoms with Crippen molar-refractivity contribution < 1.29 is 23.5 Å². The van der Waals surface area contributed by atoms with Gasteiger partial charge in [0.2, 0.25) is 18.0 Å². The van der Waals surface area contributed by atoms with Crippen molar-refractivity contribution in [2.45, 2.75) is 19.1 Å². The Morgan fingerprint density at radius 3 is 2.53 bits per heavy atom. The number of rotatable bonds is 3. The zero-order valence-electron chi connectivity index (χ0n) is 8.79. The van der Waals surface area contributed by atoms with E-state index in [1.165, 1.54) is 12.3 Å². The normalized spacial score (nSPS) is 17.3. The molecule has 1 aromatic rings. The number of nitrogens with zero attached hydrogens (tertiary/aromatic N) is 1. The molecule has 1 aliphatic rings. The summed E-state index contributed by atoms with van der Waals surface area (Å²) in [5.41, 5.74) is 4.91. The Balaban J connectivity index is 2.30. The highest BCUT2D eigenvalue weighted by Gasteiger charge is 2.39. The van der Waals surface area contributed by atoms with Crippen molar-refractivity contribution in [1.82, 2.24) is 4.90 Å². The van der Waals surface area contributed by atoms with Crippen LogP contribution in [0.25, 0.3) is 0 Å². The van der Waals surface area contributed by atoms with Gasteiger partial charge in [-0.05, 0) is 12.1 Å². The molecule has 0 aliphatic carbocycles. The van der Waals surface area contributed by atoms with Crippen LogP contribution in [0, 0.1) is 0 Å². The molecule has 1 aliphatic heterocycles. The number of hydrogen-bond donors (Lipinski definition) is 1. The number of carbonyl (C=O) groups excluding carboxylic acids is 3. The van der Waals surface area contributed by atoms with Crippen LogP contribution >= 0.6 is 0 Å². The molecule has 1 saturated heterocycles. The number of furan rings is 1. The highest BCUT2D eigenvalue weighted by atomic mass is 16.6. The van der Waals surface area contributed by atoms with Crippen molar-refractivity contribution in [1.29, 1.82) is 0 Å². The largest absolute Gasteiger partial charge is 0.463 e. The molecule has 1 aromatic heterocycles. The van der Waals surface area contributed by atoms with E-state index >= 15 is 0 Å². The van der Waals surface area contributed by atoms with Gasteiger partial charge in [-0.25, -0.2) is 9.69 Å². The summed E-state index contributed by atoms with van der Waals surface area (Å²) < 4.78 is 9.78. The van der Waals surface area contributed by atoms with Gasteiger partial charge in [-0.3, -0.25) is 9.59 Å². The topological polar surface area (TPSA) is 103 Å². The standard InChI is InChI=1S/C10H10N2O5/c11-10(15)17-9(6-2-1-5-16-6)12-7(13)3-4-8(12)14/h1-2,5,9H,3-4H2,(H2,11,15). The first-order valence-electron chi connectivity index (χ1n) is 4.94. The molecule has 0 radical (unpaired) electrons. The maximum Gasteiger partial charge on any atom is 0.406 e. The fraction of sp³-hybridized carbons (Fsp3) is 0.300. The average molecular weight is 238 g/mol. The van der Waals surface area contributed by atoms with Gasteiger partial charge in [-0.1, -0.05) is 0 Å². The van der Waals surface area contributed by atoms with Crippen LogP contribution < -0.4 is 5.73 Å². The van der Waals surface area contributed by atoms with Crippen molar-refractivity contribution in [2.75, 3.05) is 0 Å². The SMILES string of the molecule is NC(=O)OC(c1ccco1)N1C(=O)CCC1=O. The van der Waals surface area contributed by atoms with E-state index in [0.29, 0.717) is 0 Å². The van der Waals surface area contributed by atoms with Crippen molar-refractivity contribution in [3.63, 3.8) is 0 Å². The van der Waals surface area contributed by atoms with Gasteiger partial charge in [0.05, 0.1) is 6.26 Å². The van der Waals surface area contributed by atoms with Crippen LogP contribution in [-0.4, -0.2) is 22.8 Å². The summed E-state index contributed by atoms with van der Waals surface area (Å²) in [5.74, 6) is -0.664. The van der Waals surface area contributed by atoms with Crippen LogP contribution in [0.15, 0.2) is 22.8 Å². The van der Waals surface area contributed by atoms with Crippen LogP contribution in [0.5, 0.6) is 0 Å². The van der Waals surface area contributed by atoms with Gasteiger partial charge in [0, 0.05) is 12.8 Å². The second-order valence-corrected chi connectivity index (χ2v) is 3.46. The molecule has 7 heteroatoms. The highest BCUT2D eigenvalue weighted by Crippen LogP contribution is 2.28. The first-order valence-corrected chi connectivity index (χ1v) is 4.94. The third kappa shape index (κ3) is 2.12. The molecule has 90 valence electrons. The molecule has 1 fully saturated rings. The number of hydrogen-bond acceptors (Lipinski definition) is 5. The summed E-state index contributed by atoms with van der Waals surface area (Å²) in [6, 6.07) is 3.05. The van der Waals surface area contributed by atoms with E-state index in [2.05, 4.69) is 0 Å². The highest BCUT2D eigenvalue weighted by molar-refractivity contribution is 6.02. The summed E-state index contributed by atoms with van der Waals surface area (Å²) in [7, 11) is 0. The predicted molar refractivity (Wildman–Crippen MR) is 53.2 cm³/mol. The molecule has 0 spiro atoms. The molecule has 2 rings (SSSR count). The average Bonchev–Trinajstić information content (AvgIpc) is 2.86. The molecule has 17 heavy (non-hydrogen) atoms. The maximum atomic E-state index is 11.5. The number of carbonyl (C=O) groups is 3. The molecule has 0 bridgehead atoms. The third-order valence-electron chi connectivity index (χ3n) is 2.34. The maximum absolute atomic E-state index is 11.5. The van der Waals surface area contributed by atoms with Crippen LogP contribution in [0.4, 0.5) is 4.79 Å². The summed E-state index contributed by atoms with van der Waals surface area (Å²) in [5, 5.41) is 0. The van der Waals surface area contributed by atoms with E-state index in [-0.39, 0.29) is 18.6 Å². The lowest BCUT2D eigenvalue weighted by Crippen LogP contribution is -2.37. The number of likely N-dealkylation sites (tertiary alicyclic amines) is 1. The minimum Gasteiger partial charge on any atom is -0.463 e. The van der Waals surface area contributed by atoms with Crippen molar-refractivity contribution in [2.24, 2.45) is 5.73 Å². The Hall–Kier alpha value is -2.31. The number of primary amides is 1. The fourth-order valence-electron chi connectivity index (χ4n) is 1.64. The zero-order chi connectivity index (χ0) is 12.4. The molecule has 2 N–H and O–H groups in total. The van der Waals surface area contributed by atoms with E-state index in [1.807, 2.05) is 0 Å². The van der Waals surface area contributed by atoms with E-state index in [9.17, 15) is 14.4 Å². The number of imide groups is 1. The van der Waals surface area contributed by atoms with Crippen LogP contribution in [0.3, 0.4) is 0 Å². The number of amides is 3. The van der Waals surface area contributed by atoms with E-state index < -0.39 is 24.1 Å². The Bertz CT molecular complexity index is 437. The first kappa shape index (κ1) is 11.2. The minimum atomic E-state index is -1.22. The van der Waals surface area contributed by atoms with E-state index in [4.69, 9.17) is 14.9 Å². The van der Waals surface area contributed by atoms with Gasteiger partial charge in [-0.2, -0.15) is 0 Å². The second-order valence-electron chi connectivity index (χ2n) is 3.46. The smallest absolute Gasteiger partial charge is 0.406 e. The molecular weight excluding hydrogens is 228 g/mol. The molecule has 1 unspecified atom stereocenters. The fourth-order valence-corrected chi connectivity index (χ4v) is 1.64. The van der Waals surface area contributed by atoms with Gasteiger partial charge in [-0.15, -0.1) is 0 Å². The molecule has 0 aromatic carbocycles. The predicted octanol–water partition coefficient (Wildman–Crippen LogP) is 0.522. The first-order chi connectivity index (χ1) is 8.09. The summed E-state index contributed by atoms with van der Waals surface area (Å²) >= 11 is 0. The van der Waals surface area contributed by atoms with Gasteiger partial charge < -0.3 is 14.9 Å². The lowest BCUT2D eigenvalue weighted by atomic mass is 10.3. The number of nitrogens with two attached hydrogens (primary N) is 1.